The van der Waals surface area contributed by atoms with Gasteiger partial charge >= 0.3 is 0 Å². The number of hydrogen-bond donors (Lipinski definition) is 2. The standard InChI is InChI=1S/C23H19F2N3O2/c1-28(23(30)19-10-12-9-13(24)6-8-17(12)26-19)20-4-2-3-18-21(20)15-7-5-14(25)11-16(15)22(29)27-18/h5-11,20,26H,2-4H2,1H3,(H,27,29)/t20-/m0/s1. The molecule has 1 atom stereocenters. The Balaban J connectivity index is 1.59. The lowest BCUT2D eigenvalue weighted by atomic mass is 9.86. The molecule has 7 heteroatoms. The molecule has 1 aliphatic carbocycles. The molecular weight excluding hydrogens is 388 g/mol. The van der Waals surface area contributed by atoms with Gasteiger partial charge in [0.1, 0.15) is 17.3 Å². The number of H-pyrrole nitrogens is 2. The van der Waals surface area contributed by atoms with Gasteiger partial charge in [-0.1, -0.05) is 6.07 Å². The van der Waals surface area contributed by atoms with Crippen molar-refractivity contribution < 1.29 is 13.6 Å². The molecule has 0 aliphatic heterocycles. The number of nitrogens with one attached hydrogen (secondary N) is 2. The van der Waals surface area contributed by atoms with E-state index in [1.165, 1.54) is 24.3 Å². The molecule has 0 saturated heterocycles. The van der Waals surface area contributed by atoms with Crippen LogP contribution in [0.15, 0.2) is 47.3 Å². The quantitative estimate of drug-likeness (QED) is 0.516. The van der Waals surface area contributed by atoms with Crippen molar-refractivity contribution in [2.24, 2.45) is 0 Å². The van der Waals surface area contributed by atoms with Crippen LogP contribution in [0.5, 0.6) is 0 Å². The van der Waals surface area contributed by atoms with Gasteiger partial charge in [0, 0.05) is 29.2 Å². The third kappa shape index (κ3) is 2.89. The molecule has 5 rings (SSSR count). The molecule has 2 aromatic carbocycles. The summed E-state index contributed by atoms with van der Waals surface area (Å²) in [7, 11) is 1.72. The van der Waals surface area contributed by atoms with E-state index in [2.05, 4.69) is 9.97 Å². The van der Waals surface area contributed by atoms with Crippen LogP contribution >= 0.6 is 0 Å². The SMILES string of the molecule is CN(C(=O)c1cc2cc(F)ccc2[nH]1)[C@H]1CCCc2[nH]c(=O)c3cc(F)ccc3c21. The van der Waals surface area contributed by atoms with Gasteiger partial charge in [-0.25, -0.2) is 8.78 Å². The van der Waals surface area contributed by atoms with Crippen LogP contribution in [-0.4, -0.2) is 27.8 Å². The average molecular weight is 407 g/mol. The maximum Gasteiger partial charge on any atom is 0.270 e. The minimum Gasteiger partial charge on any atom is -0.351 e. The molecule has 0 bridgehead atoms. The number of nitrogens with zero attached hydrogens (tertiary/aromatic N) is 1. The van der Waals surface area contributed by atoms with E-state index >= 15 is 0 Å². The van der Waals surface area contributed by atoms with E-state index in [-0.39, 0.29) is 28.7 Å². The van der Waals surface area contributed by atoms with E-state index in [0.29, 0.717) is 28.4 Å². The van der Waals surface area contributed by atoms with Gasteiger partial charge in [0.25, 0.3) is 11.5 Å². The highest BCUT2D eigenvalue weighted by Gasteiger charge is 2.30. The normalized spacial score (nSPS) is 16.0. The fraction of sp³-hybridized carbons (Fsp3) is 0.217. The van der Waals surface area contributed by atoms with Gasteiger partial charge in [-0.05, 0) is 61.0 Å². The summed E-state index contributed by atoms with van der Waals surface area (Å²) in [6.45, 7) is 0. The topological polar surface area (TPSA) is 69.0 Å². The Morgan fingerprint density at radius 1 is 1.03 bits per heavy atom. The Hall–Kier alpha value is -3.48. The predicted octanol–water partition coefficient (Wildman–Crippen LogP) is 4.44. The number of benzene rings is 2. The molecular formula is C23H19F2N3O2. The van der Waals surface area contributed by atoms with Crippen LogP contribution in [0.1, 0.15) is 40.6 Å². The second-order valence-electron chi connectivity index (χ2n) is 7.77. The fourth-order valence-electron chi connectivity index (χ4n) is 4.51. The van der Waals surface area contributed by atoms with Crippen LogP contribution in [0, 0.1) is 11.6 Å². The van der Waals surface area contributed by atoms with Crippen molar-refractivity contribution in [2.45, 2.75) is 25.3 Å². The number of amides is 1. The van der Waals surface area contributed by atoms with Gasteiger partial charge in [-0.2, -0.15) is 0 Å². The second-order valence-corrected chi connectivity index (χ2v) is 7.77. The highest BCUT2D eigenvalue weighted by Crippen LogP contribution is 2.37. The van der Waals surface area contributed by atoms with Gasteiger partial charge in [0.2, 0.25) is 0 Å². The first kappa shape index (κ1) is 18.5. The van der Waals surface area contributed by atoms with Crippen molar-refractivity contribution in [1.29, 1.82) is 0 Å². The maximum absolute atomic E-state index is 13.7. The summed E-state index contributed by atoms with van der Waals surface area (Å²) in [6, 6.07) is 9.87. The Morgan fingerprint density at radius 2 is 1.80 bits per heavy atom. The predicted molar refractivity (Wildman–Crippen MR) is 111 cm³/mol. The van der Waals surface area contributed by atoms with E-state index in [1.54, 1.807) is 30.1 Å². The summed E-state index contributed by atoms with van der Waals surface area (Å²) >= 11 is 0. The summed E-state index contributed by atoms with van der Waals surface area (Å²) in [5, 5.41) is 1.57. The van der Waals surface area contributed by atoms with Gasteiger partial charge in [0.05, 0.1) is 11.4 Å². The molecule has 4 aromatic rings. The molecule has 2 aromatic heterocycles. The van der Waals surface area contributed by atoms with Crippen LogP contribution < -0.4 is 5.56 Å². The first-order chi connectivity index (χ1) is 14.4. The minimum atomic E-state index is -0.477. The highest BCUT2D eigenvalue weighted by molar-refractivity contribution is 5.98. The van der Waals surface area contributed by atoms with Crippen LogP contribution in [-0.2, 0) is 6.42 Å². The zero-order valence-electron chi connectivity index (χ0n) is 16.3. The number of hydrogen-bond acceptors (Lipinski definition) is 2. The Labute approximate surface area is 170 Å². The molecule has 0 unspecified atom stereocenters. The first-order valence-electron chi connectivity index (χ1n) is 9.82. The molecule has 152 valence electrons. The molecule has 0 saturated carbocycles. The first-order valence-corrected chi connectivity index (χ1v) is 9.82. The van der Waals surface area contributed by atoms with Gasteiger partial charge in [-0.15, -0.1) is 0 Å². The molecule has 30 heavy (non-hydrogen) atoms. The van der Waals surface area contributed by atoms with E-state index in [4.69, 9.17) is 0 Å². The Bertz CT molecular complexity index is 1370. The van der Waals surface area contributed by atoms with Crippen molar-refractivity contribution in [1.82, 2.24) is 14.9 Å². The molecule has 0 radical (unpaired) electrons. The van der Waals surface area contributed by atoms with Crippen LogP contribution in [0.3, 0.4) is 0 Å². The third-order valence-electron chi connectivity index (χ3n) is 5.94. The molecule has 2 N–H and O–H groups in total. The molecule has 0 fully saturated rings. The van der Waals surface area contributed by atoms with E-state index in [1.807, 2.05) is 0 Å². The summed E-state index contributed by atoms with van der Waals surface area (Å²) in [4.78, 5) is 33.2. The third-order valence-corrected chi connectivity index (χ3v) is 5.94. The van der Waals surface area contributed by atoms with E-state index < -0.39 is 5.82 Å². The van der Waals surface area contributed by atoms with Crippen molar-refractivity contribution in [3.05, 3.63) is 81.4 Å². The largest absolute Gasteiger partial charge is 0.351 e. The summed E-state index contributed by atoms with van der Waals surface area (Å²) in [5.41, 5.74) is 2.37. The number of halogens is 2. The zero-order valence-corrected chi connectivity index (χ0v) is 16.3. The fourth-order valence-corrected chi connectivity index (χ4v) is 4.51. The van der Waals surface area contributed by atoms with Crippen molar-refractivity contribution in [2.75, 3.05) is 7.05 Å². The number of rotatable bonds is 2. The number of carbonyl (C=O) groups excluding carboxylic acids is 1. The lowest BCUT2D eigenvalue weighted by Crippen LogP contribution is -2.34. The smallest absolute Gasteiger partial charge is 0.270 e. The van der Waals surface area contributed by atoms with E-state index in [0.717, 1.165) is 24.1 Å². The average Bonchev–Trinajstić information content (AvgIpc) is 3.15. The molecule has 5 nitrogen and oxygen atoms in total. The van der Waals surface area contributed by atoms with Gasteiger partial charge in [0.15, 0.2) is 0 Å². The zero-order chi connectivity index (χ0) is 21.0. The van der Waals surface area contributed by atoms with Crippen molar-refractivity contribution in [3.8, 4) is 0 Å². The van der Waals surface area contributed by atoms with Crippen LogP contribution in [0.4, 0.5) is 8.78 Å². The summed E-state index contributed by atoms with van der Waals surface area (Å²) in [6.07, 6.45) is 2.24. The van der Waals surface area contributed by atoms with Crippen LogP contribution in [0.25, 0.3) is 21.7 Å². The number of fused-ring (bicyclic) bond motifs is 4. The van der Waals surface area contributed by atoms with E-state index in [9.17, 15) is 18.4 Å². The van der Waals surface area contributed by atoms with Crippen molar-refractivity contribution in [3.63, 3.8) is 0 Å². The Morgan fingerprint density at radius 3 is 2.63 bits per heavy atom. The van der Waals surface area contributed by atoms with Gasteiger partial charge < -0.3 is 14.9 Å². The number of aromatic nitrogens is 2. The summed E-state index contributed by atoms with van der Waals surface area (Å²) < 4.78 is 27.2. The molecule has 1 amide bonds. The maximum atomic E-state index is 13.7. The lowest BCUT2D eigenvalue weighted by Gasteiger charge is -2.33. The number of aromatic amines is 2. The number of pyridine rings is 1. The van der Waals surface area contributed by atoms with Crippen molar-refractivity contribution >= 4 is 27.6 Å². The van der Waals surface area contributed by atoms with Gasteiger partial charge in [-0.3, -0.25) is 9.59 Å². The number of carbonyl (C=O) groups is 1. The molecule has 2 heterocycles. The lowest BCUT2D eigenvalue weighted by molar-refractivity contribution is 0.0710. The number of aryl methyl sites for hydroxylation is 1. The molecule has 1 aliphatic rings. The summed E-state index contributed by atoms with van der Waals surface area (Å²) in [5.74, 6) is -1.07. The second kappa shape index (κ2) is 6.79. The Kier molecular flexibility index (Phi) is 4.20. The highest BCUT2D eigenvalue weighted by atomic mass is 19.1. The monoisotopic (exact) mass is 407 g/mol. The molecule has 0 spiro atoms. The minimum absolute atomic E-state index is 0.231. The van der Waals surface area contributed by atoms with Crippen LogP contribution in [0.2, 0.25) is 0 Å².